The zero-order valence-electron chi connectivity index (χ0n) is 12.5. The third-order valence-electron chi connectivity index (χ3n) is 4.12. The van der Waals surface area contributed by atoms with Crippen molar-refractivity contribution in [3.8, 4) is 0 Å². The first-order chi connectivity index (χ1) is 9.10. The van der Waals surface area contributed by atoms with Gasteiger partial charge >= 0.3 is 0 Å². The van der Waals surface area contributed by atoms with Gasteiger partial charge < -0.3 is 15.2 Å². The van der Waals surface area contributed by atoms with Gasteiger partial charge in [0.15, 0.2) is 0 Å². The van der Waals surface area contributed by atoms with Crippen molar-refractivity contribution >= 4 is 0 Å². The lowest BCUT2D eigenvalue weighted by Crippen LogP contribution is -2.23. The van der Waals surface area contributed by atoms with Gasteiger partial charge in [-0.25, -0.2) is 4.98 Å². The molecule has 4 heteroatoms. The van der Waals surface area contributed by atoms with Crippen molar-refractivity contribution in [2.45, 2.75) is 46.2 Å². The molecule has 0 saturated carbocycles. The van der Waals surface area contributed by atoms with Gasteiger partial charge in [-0.05, 0) is 37.8 Å². The van der Waals surface area contributed by atoms with Crippen LogP contribution in [0.5, 0.6) is 0 Å². The van der Waals surface area contributed by atoms with E-state index in [-0.39, 0.29) is 6.04 Å². The van der Waals surface area contributed by atoms with E-state index >= 15 is 0 Å². The molecule has 1 saturated heterocycles. The summed E-state index contributed by atoms with van der Waals surface area (Å²) in [6.07, 6.45) is 6.21. The predicted molar refractivity (Wildman–Crippen MR) is 78.8 cm³/mol. The second-order valence-corrected chi connectivity index (χ2v) is 6.25. The van der Waals surface area contributed by atoms with E-state index in [2.05, 4.69) is 35.2 Å². The molecule has 1 fully saturated rings. The molecule has 0 spiro atoms. The lowest BCUT2D eigenvalue weighted by molar-refractivity contribution is 0.330. The van der Waals surface area contributed by atoms with Crippen molar-refractivity contribution < 1.29 is 0 Å². The topological polar surface area (TPSA) is 47.1 Å². The number of imidazole rings is 1. The number of likely N-dealkylation sites (tertiary alicyclic amines) is 1. The van der Waals surface area contributed by atoms with Crippen LogP contribution in [0, 0.1) is 11.8 Å². The second kappa shape index (κ2) is 6.53. The summed E-state index contributed by atoms with van der Waals surface area (Å²) in [5, 5.41) is 0. The summed E-state index contributed by atoms with van der Waals surface area (Å²) in [5.74, 6) is 1.37. The normalized spacial score (nSPS) is 22.3. The Morgan fingerprint density at radius 3 is 2.89 bits per heavy atom. The highest BCUT2D eigenvalue weighted by Gasteiger charge is 2.23. The maximum absolute atomic E-state index is 6.30. The average Bonchev–Trinajstić information content (AvgIpc) is 2.97. The first-order valence-electron chi connectivity index (χ1n) is 7.58. The third-order valence-corrected chi connectivity index (χ3v) is 4.12. The van der Waals surface area contributed by atoms with Gasteiger partial charge in [0, 0.05) is 25.3 Å². The molecule has 2 unspecified atom stereocenters. The molecule has 1 aromatic heterocycles. The highest BCUT2D eigenvalue weighted by atomic mass is 15.2. The first kappa shape index (κ1) is 14.5. The maximum Gasteiger partial charge on any atom is 0.0948 e. The fourth-order valence-electron chi connectivity index (χ4n) is 3.05. The highest BCUT2D eigenvalue weighted by Crippen LogP contribution is 2.22. The Morgan fingerprint density at radius 1 is 1.47 bits per heavy atom. The number of aromatic nitrogens is 2. The Kier molecular flexibility index (Phi) is 4.99. The Balaban J connectivity index is 1.96. The molecule has 2 N–H and O–H groups in total. The SMILES string of the molecule is CCN1CCC(Cn2cncc2C(N)CC(C)C)C1. The lowest BCUT2D eigenvalue weighted by Gasteiger charge is -2.19. The van der Waals surface area contributed by atoms with Gasteiger partial charge in [-0.1, -0.05) is 20.8 Å². The summed E-state index contributed by atoms with van der Waals surface area (Å²) >= 11 is 0. The van der Waals surface area contributed by atoms with E-state index in [1.54, 1.807) is 0 Å². The number of nitrogens with two attached hydrogens (primary N) is 1. The van der Waals surface area contributed by atoms with Crippen molar-refractivity contribution in [3.63, 3.8) is 0 Å². The Morgan fingerprint density at radius 2 is 2.26 bits per heavy atom. The lowest BCUT2D eigenvalue weighted by atomic mass is 10.0. The molecule has 2 heterocycles. The van der Waals surface area contributed by atoms with Crippen LogP contribution in [0.2, 0.25) is 0 Å². The minimum Gasteiger partial charge on any atom is -0.333 e. The molecule has 1 aromatic rings. The van der Waals surface area contributed by atoms with Gasteiger partial charge in [0.05, 0.1) is 12.0 Å². The molecule has 108 valence electrons. The minimum absolute atomic E-state index is 0.117. The largest absolute Gasteiger partial charge is 0.333 e. The number of nitrogens with zero attached hydrogens (tertiary/aromatic N) is 3. The van der Waals surface area contributed by atoms with E-state index < -0.39 is 0 Å². The third kappa shape index (κ3) is 3.80. The van der Waals surface area contributed by atoms with Gasteiger partial charge in [0.1, 0.15) is 0 Å². The Bertz CT molecular complexity index is 385. The quantitative estimate of drug-likeness (QED) is 0.857. The van der Waals surface area contributed by atoms with Crippen molar-refractivity contribution in [2.24, 2.45) is 17.6 Å². The first-order valence-corrected chi connectivity index (χ1v) is 7.58. The standard InChI is InChI=1S/C15H28N4/c1-4-18-6-5-13(9-18)10-19-11-17-8-15(19)14(16)7-12(2)3/h8,11-14H,4-7,9-10,16H2,1-3H3. The molecule has 0 amide bonds. The van der Waals surface area contributed by atoms with Crippen molar-refractivity contribution in [1.29, 1.82) is 0 Å². The second-order valence-electron chi connectivity index (χ2n) is 6.25. The summed E-state index contributed by atoms with van der Waals surface area (Å²) in [6, 6.07) is 0.117. The van der Waals surface area contributed by atoms with Crippen LogP contribution < -0.4 is 5.73 Å². The van der Waals surface area contributed by atoms with Crippen LogP contribution >= 0.6 is 0 Å². The Hall–Kier alpha value is -0.870. The number of hydrogen-bond donors (Lipinski definition) is 1. The predicted octanol–water partition coefficient (Wildman–Crippen LogP) is 2.27. The molecule has 0 aromatic carbocycles. The van der Waals surface area contributed by atoms with Crippen LogP contribution in [0.25, 0.3) is 0 Å². The number of rotatable bonds is 6. The molecular weight excluding hydrogens is 236 g/mol. The van der Waals surface area contributed by atoms with Crippen LogP contribution in [0.1, 0.15) is 45.3 Å². The van der Waals surface area contributed by atoms with Gasteiger partial charge in [0.2, 0.25) is 0 Å². The zero-order valence-corrected chi connectivity index (χ0v) is 12.5. The summed E-state index contributed by atoms with van der Waals surface area (Å²) in [4.78, 5) is 6.82. The van der Waals surface area contributed by atoms with Crippen LogP contribution in [0.3, 0.4) is 0 Å². The summed E-state index contributed by atoms with van der Waals surface area (Å²) in [6.45, 7) is 11.4. The molecular formula is C15H28N4. The van der Waals surface area contributed by atoms with Crippen molar-refractivity contribution in [1.82, 2.24) is 14.5 Å². The van der Waals surface area contributed by atoms with Crippen LogP contribution in [0.4, 0.5) is 0 Å². The smallest absolute Gasteiger partial charge is 0.0948 e. The van der Waals surface area contributed by atoms with Gasteiger partial charge in [-0.2, -0.15) is 0 Å². The van der Waals surface area contributed by atoms with E-state index in [1.165, 1.54) is 31.7 Å². The van der Waals surface area contributed by atoms with Gasteiger partial charge in [-0.15, -0.1) is 0 Å². The van der Waals surface area contributed by atoms with Gasteiger partial charge in [-0.3, -0.25) is 0 Å². The zero-order chi connectivity index (χ0) is 13.8. The summed E-state index contributed by atoms with van der Waals surface area (Å²) < 4.78 is 2.27. The summed E-state index contributed by atoms with van der Waals surface area (Å²) in [7, 11) is 0. The number of hydrogen-bond acceptors (Lipinski definition) is 3. The van der Waals surface area contributed by atoms with E-state index in [1.807, 2.05) is 12.5 Å². The minimum atomic E-state index is 0.117. The van der Waals surface area contributed by atoms with Crippen LogP contribution in [0.15, 0.2) is 12.5 Å². The van der Waals surface area contributed by atoms with E-state index in [0.717, 1.165) is 18.9 Å². The molecule has 0 bridgehead atoms. The highest BCUT2D eigenvalue weighted by molar-refractivity contribution is 5.05. The van der Waals surface area contributed by atoms with Gasteiger partial charge in [0.25, 0.3) is 0 Å². The summed E-state index contributed by atoms with van der Waals surface area (Å²) in [5.41, 5.74) is 7.50. The van der Waals surface area contributed by atoms with E-state index in [0.29, 0.717) is 5.92 Å². The average molecular weight is 264 g/mol. The van der Waals surface area contributed by atoms with E-state index in [4.69, 9.17) is 5.73 Å². The molecule has 0 radical (unpaired) electrons. The van der Waals surface area contributed by atoms with Crippen LogP contribution in [-0.2, 0) is 6.54 Å². The molecule has 2 atom stereocenters. The molecule has 4 nitrogen and oxygen atoms in total. The molecule has 2 rings (SSSR count). The maximum atomic E-state index is 6.30. The molecule has 1 aliphatic rings. The fraction of sp³-hybridized carbons (Fsp3) is 0.800. The Labute approximate surface area is 117 Å². The molecule has 19 heavy (non-hydrogen) atoms. The van der Waals surface area contributed by atoms with E-state index in [9.17, 15) is 0 Å². The van der Waals surface area contributed by atoms with Crippen molar-refractivity contribution in [3.05, 3.63) is 18.2 Å². The fourth-order valence-corrected chi connectivity index (χ4v) is 3.05. The monoisotopic (exact) mass is 264 g/mol. The molecule has 0 aliphatic carbocycles. The molecule has 1 aliphatic heterocycles. The van der Waals surface area contributed by atoms with Crippen molar-refractivity contribution in [2.75, 3.05) is 19.6 Å². The van der Waals surface area contributed by atoms with Crippen LogP contribution in [-0.4, -0.2) is 34.1 Å².